The lowest BCUT2D eigenvalue weighted by atomic mass is 9.88. The molecule has 0 saturated heterocycles. The summed E-state index contributed by atoms with van der Waals surface area (Å²) in [5, 5.41) is 0. The van der Waals surface area contributed by atoms with Crippen LogP contribution in [-0.4, -0.2) is 8.75 Å². The van der Waals surface area contributed by atoms with Gasteiger partial charge in [-0.25, -0.2) is 0 Å². The number of rotatable bonds is 40. The van der Waals surface area contributed by atoms with E-state index in [9.17, 15) is 0 Å². The van der Waals surface area contributed by atoms with Crippen LogP contribution in [0.2, 0.25) is 0 Å². The third-order valence-corrected chi connectivity index (χ3v) is 30.3. The lowest BCUT2D eigenvalue weighted by molar-refractivity contribution is 0.668. The van der Waals surface area contributed by atoms with E-state index in [0.717, 1.165) is 156 Å². The number of benzene rings is 13. The Bertz CT molecular complexity index is 6010. The predicted octanol–water partition coefficient (Wildman–Crippen LogP) is 37.6. The summed E-state index contributed by atoms with van der Waals surface area (Å²) in [6.07, 6.45) is 22.3. The second-order valence-electron chi connectivity index (χ2n) is 33.8. The van der Waals surface area contributed by atoms with Gasteiger partial charge in [0, 0.05) is 130 Å². The molecule has 0 aliphatic heterocycles. The van der Waals surface area contributed by atoms with E-state index in [-0.39, 0.29) is 0 Å². The fourth-order valence-corrected chi connectivity index (χ4v) is 24.0. The highest BCUT2D eigenvalue weighted by molar-refractivity contribution is 7.21. The summed E-state index contributed by atoms with van der Waals surface area (Å²) >= 11 is 9.26. The lowest BCUT2D eigenvalue weighted by Crippen LogP contribution is -2.09. The van der Waals surface area contributed by atoms with Crippen molar-refractivity contribution in [3.63, 3.8) is 0 Å². The zero-order chi connectivity index (χ0) is 87.5. The van der Waals surface area contributed by atoms with Gasteiger partial charge in [-0.05, 0) is 266 Å². The molecule has 0 aliphatic carbocycles. The van der Waals surface area contributed by atoms with Crippen molar-refractivity contribution in [1.29, 1.82) is 0 Å². The third-order valence-electron chi connectivity index (χ3n) is 24.8. The highest BCUT2D eigenvalue weighted by Crippen LogP contribution is 2.59. The van der Waals surface area contributed by atoms with Crippen LogP contribution in [0.4, 0.5) is 68.2 Å². The molecule has 5 aromatic heterocycles. The van der Waals surface area contributed by atoms with Crippen LogP contribution in [-0.2, 0) is 25.7 Å². The van der Waals surface area contributed by atoms with E-state index in [1.807, 2.05) is 45.3 Å². The summed E-state index contributed by atoms with van der Waals surface area (Å²) < 4.78 is 11.6. The normalized spacial score (nSPS) is 11.4. The minimum absolute atomic E-state index is 0.953. The Morgan fingerprint density at radius 1 is 0.194 bits per heavy atom. The second-order valence-corrected chi connectivity index (χ2v) is 38.5. The average Bonchev–Trinajstić information content (AvgIpc) is 1.62. The molecule has 13 aromatic carbocycles. The van der Waals surface area contributed by atoms with Gasteiger partial charge in [-0.2, -0.15) is 8.75 Å². The van der Waals surface area contributed by atoms with Crippen LogP contribution < -0.4 is 19.6 Å². The van der Waals surface area contributed by atoms with E-state index in [2.05, 4.69) is 411 Å². The van der Waals surface area contributed by atoms with Gasteiger partial charge in [-0.3, -0.25) is 0 Å². The van der Waals surface area contributed by atoms with Crippen molar-refractivity contribution in [1.82, 2.24) is 8.75 Å². The molecule has 18 aromatic rings. The Balaban J connectivity index is 0.906. The van der Waals surface area contributed by atoms with Crippen LogP contribution >= 0.6 is 57.1 Å². The first-order chi connectivity index (χ1) is 63.9. The number of thiophene rings is 4. The van der Waals surface area contributed by atoms with Crippen LogP contribution in [0.3, 0.4) is 0 Å². The Labute approximate surface area is 784 Å². The first-order valence-electron chi connectivity index (χ1n) is 46.8. The maximum Gasteiger partial charge on any atom is 0.114 e. The maximum atomic E-state index is 5.78. The van der Waals surface area contributed by atoms with Gasteiger partial charge in [0.1, 0.15) is 11.0 Å². The molecule has 129 heavy (non-hydrogen) atoms. The zero-order valence-corrected chi connectivity index (χ0v) is 78.6. The number of aryl methyl sites for hydroxylation is 4. The number of fused-ring (bicyclic) bond motifs is 1. The summed E-state index contributed by atoms with van der Waals surface area (Å²) in [6, 6.07) is 135. The number of aromatic nitrogens is 2. The summed E-state index contributed by atoms with van der Waals surface area (Å²) in [7, 11) is 0. The Kier molecular flexibility index (Phi) is 28.9. The van der Waals surface area contributed by atoms with Crippen molar-refractivity contribution < 1.29 is 0 Å². The topological polar surface area (TPSA) is 38.7 Å². The van der Waals surface area contributed by atoms with Gasteiger partial charge in [0.05, 0.1) is 11.7 Å². The van der Waals surface area contributed by atoms with Gasteiger partial charge >= 0.3 is 0 Å². The minimum atomic E-state index is 0.953. The molecule has 0 radical (unpaired) electrons. The van der Waals surface area contributed by atoms with Gasteiger partial charge < -0.3 is 19.6 Å². The van der Waals surface area contributed by atoms with Crippen LogP contribution in [0, 0.1) is 0 Å². The summed E-state index contributed by atoms with van der Waals surface area (Å²) in [4.78, 5) is 19.7. The third kappa shape index (κ3) is 20.0. The van der Waals surface area contributed by atoms with Crippen molar-refractivity contribution >= 4 is 136 Å². The maximum absolute atomic E-state index is 5.78. The SMILES string of the molecule is CCCCCCc1cc(-c2c(-c3cc(CCCCCC)c(-c4ccc(N(c5ccccc5)c5ccccc5)cc4)s3)c(-c3cc(CCCCCC)c(-c4ccc(N(c5ccccc5)c5ccccc5)cc4)s3)c3nsnc3c2-c2cc(CCCCCC)c(-c3ccc(N(c4ccccc4)c4ccccc4)cc3)s2)sc1-c1ccc(N(c2ccccc2)c2ccccc2)cc1. The van der Waals surface area contributed by atoms with E-state index in [1.54, 1.807) is 0 Å². The van der Waals surface area contributed by atoms with Crippen molar-refractivity contribution in [2.45, 2.75) is 156 Å². The lowest BCUT2D eigenvalue weighted by Gasteiger charge is -2.25. The highest BCUT2D eigenvalue weighted by Gasteiger charge is 2.34. The van der Waals surface area contributed by atoms with Gasteiger partial charge in [-0.1, -0.05) is 299 Å². The van der Waals surface area contributed by atoms with Gasteiger partial charge in [0.25, 0.3) is 0 Å². The van der Waals surface area contributed by atoms with Crippen molar-refractivity contribution in [2.75, 3.05) is 19.6 Å². The number of unbranched alkanes of at least 4 members (excludes halogenated alkanes) is 12. The van der Waals surface area contributed by atoms with Crippen molar-refractivity contribution in [3.8, 4) is 83.5 Å². The molecular weight excluding hydrogens is 1660 g/mol. The fourth-order valence-electron chi connectivity index (χ4n) is 18.3. The molecule has 0 bridgehead atoms. The molecule has 0 N–H and O–H groups in total. The molecule has 0 unspecified atom stereocenters. The number of para-hydroxylation sites is 8. The summed E-state index contributed by atoms with van der Waals surface area (Å²) in [6.45, 7) is 9.33. The van der Waals surface area contributed by atoms with E-state index in [4.69, 9.17) is 8.75 Å². The first-order valence-corrected chi connectivity index (χ1v) is 50.7. The van der Waals surface area contributed by atoms with Crippen LogP contribution in [0.5, 0.6) is 0 Å². The first kappa shape index (κ1) is 87.4. The van der Waals surface area contributed by atoms with Gasteiger partial charge in [0.15, 0.2) is 0 Å². The molecule has 0 spiro atoms. The summed E-state index contributed by atoms with van der Waals surface area (Å²) in [5.74, 6) is 0. The molecule has 0 fully saturated rings. The molecule has 0 aliphatic rings. The Morgan fingerprint density at radius 3 is 0.558 bits per heavy atom. The number of hydrogen-bond acceptors (Lipinski definition) is 11. The fraction of sp³-hybridized carbons (Fsp3) is 0.203. The minimum Gasteiger partial charge on any atom is -0.311 e. The molecular formula is C118H112N6S5. The van der Waals surface area contributed by atoms with E-state index in [0.29, 0.717) is 0 Å². The molecule has 0 saturated carbocycles. The van der Waals surface area contributed by atoms with Crippen LogP contribution in [0.25, 0.3) is 94.6 Å². The van der Waals surface area contributed by atoms with Crippen LogP contribution in [0.15, 0.2) is 364 Å². The van der Waals surface area contributed by atoms with E-state index in [1.165, 1.54) is 169 Å². The zero-order valence-electron chi connectivity index (χ0n) is 74.5. The smallest absolute Gasteiger partial charge is 0.114 e. The molecule has 6 nitrogen and oxygen atoms in total. The number of anilines is 12. The van der Waals surface area contributed by atoms with E-state index >= 15 is 0 Å². The van der Waals surface area contributed by atoms with Crippen LogP contribution in [0.1, 0.15) is 153 Å². The highest BCUT2D eigenvalue weighted by atomic mass is 32.1. The Hall–Kier alpha value is -12.3. The molecule has 644 valence electrons. The Morgan fingerprint density at radius 2 is 0.372 bits per heavy atom. The molecule has 11 heteroatoms. The standard InChI is InChI=1S/C118H112N6S5/c1-5-9-13-25-45-89-81-105(125-115(89)85-65-73-101(74-66-85)121(93-49-29-17-30-50-93)94-51-31-18-32-52-94)109-110(106-82-90(46-26-14-10-6-2)116(126-106)86-67-75-102(76-68-86)122(95-53-33-19-34-54-95)96-55-35-20-36-56-96)112(108-84-92(48-28-16-12-8-4)118(128-108)88-71-79-104(80-72-88)124(99-61-41-23-42-62-99)100-63-43-24-44-64-100)114-113(119-129-120-114)111(109)107-83-91(47-27-15-11-7-3)117(127-107)87-69-77-103(78-70-87)123(97-57-37-21-38-58-97)98-59-39-22-40-60-98/h17-24,29-44,49-84H,5-16,25-28,45-48H2,1-4H3. The number of hydrogen-bond donors (Lipinski definition) is 0. The molecule has 5 heterocycles. The van der Waals surface area contributed by atoms with E-state index < -0.39 is 0 Å². The average molecular weight is 1770 g/mol. The van der Waals surface area contributed by atoms with Gasteiger partial charge in [-0.15, -0.1) is 45.3 Å². The van der Waals surface area contributed by atoms with Crippen molar-refractivity contribution in [3.05, 3.63) is 386 Å². The quantitative estimate of drug-likeness (QED) is 0.0357. The van der Waals surface area contributed by atoms with Gasteiger partial charge in [0.2, 0.25) is 0 Å². The second kappa shape index (κ2) is 42.7. The number of nitrogens with zero attached hydrogens (tertiary/aromatic N) is 6. The molecule has 18 rings (SSSR count). The molecule has 0 amide bonds. The monoisotopic (exact) mass is 1770 g/mol. The predicted molar refractivity (Wildman–Crippen MR) is 563 cm³/mol. The summed E-state index contributed by atoms with van der Waals surface area (Å²) in [5.41, 5.74) is 30.6. The molecule has 0 atom stereocenters. The largest absolute Gasteiger partial charge is 0.311 e. The van der Waals surface area contributed by atoms with Crippen molar-refractivity contribution in [2.24, 2.45) is 0 Å².